The number of nitrogens with zero attached hydrogens (tertiary/aromatic N) is 2. The van der Waals surface area contributed by atoms with E-state index in [9.17, 15) is 4.79 Å². The molecule has 4 heteroatoms. The van der Waals surface area contributed by atoms with Gasteiger partial charge in [0.1, 0.15) is 0 Å². The number of hydrogen-bond donors (Lipinski definition) is 0. The highest BCUT2D eigenvalue weighted by Gasteiger charge is 2.62. The Labute approximate surface area is 116 Å². The lowest BCUT2D eigenvalue weighted by Gasteiger charge is -2.35. The van der Waals surface area contributed by atoms with Crippen molar-refractivity contribution in [1.82, 2.24) is 4.90 Å². The maximum Gasteiger partial charge on any atom is 0.270 e. The topological polar surface area (TPSA) is 41.9 Å². The smallest absolute Gasteiger partial charge is 0.270 e. The van der Waals surface area contributed by atoms with Gasteiger partial charge in [-0.25, -0.2) is 0 Å². The Hall–Kier alpha value is -1.06. The molecule has 1 saturated heterocycles. The molecule has 1 amide bonds. The van der Waals surface area contributed by atoms with Gasteiger partial charge in [-0.15, -0.1) is 0 Å². The van der Waals surface area contributed by atoms with Crippen LogP contribution in [0.2, 0.25) is 0 Å². The highest BCUT2D eigenvalue weighted by molar-refractivity contribution is 5.99. The van der Waals surface area contributed by atoms with E-state index in [1.165, 1.54) is 0 Å². The number of amides is 1. The van der Waals surface area contributed by atoms with Crippen molar-refractivity contribution in [2.24, 2.45) is 21.9 Å². The summed E-state index contributed by atoms with van der Waals surface area (Å²) in [4.78, 5) is 20.1. The number of likely N-dealkylation sites (N-methyl/N-ethyl adjacent to an activating group) is 1. The average molecular weight is 266 g/mol. The van der Waals surface area contributed by atoms with E-state index >= 15 is 0 Å². The fourth-order valence-corrected chi connectivity index (χ4v) is 3.10. The zero-order valence-electron chi connectivity index (χ0n) is 13.2. The van der Waals surface area contributed by atoms with Crippen molar-refractivity contribution >= 4 is 11.6 Å². The van der Waals surface area contributed by atoms with Crippen LogP contribution in [0, 0.1) is 16.7 Å². The summed E-state index contributed by atoms with van der Waals surface area (Å²) < 4.78 is 0. The molecule has 0 aromatic carbocycles. The normalized spacial score (nSPS) is 31.9. The van der Waals surface area contributed by atoms with Gasteiger partial charge < -0.3 is 9.74 Å². The van der Waals surface area contributed by atoms with Crippen LogP contribution in [0.1, 0.15) is 48.0 Å². The van der Waals surface area contributed by atoms with Crippen molar-refractivity contribution in [1.29, 1.82) is 0 Å². The van der Waals surface area contributed by atoms with Crippen LogP contribution in [0.4, 0.5) is 0 Å². The zero-order chi connectivity index (χ0) is 14.6. The quantitative estimate of drug-likeness (QED) is 0.676. The third kappa shape index (κ3) is 2.15. The van der Waals surface area contributed by atoms with Crippen LogP contribution >= 0.6 is 0 Å². The fraction of sp³-hybridized carbons (Fsp3) is 0.867. The van der Waals surface area contributed by atoms with Crippen LogP contribution in [0.15, 0.2) is 5.16 Å². The number of oxime groups is 1. The number of hydrogen-bond acceptors (Lipinski definition) is 3. The molecule has 0 aliphatic carbocycles. The summed E-state index contributed by atoms with van der Waals surface area (Å²) in [5, 5.41) is 4.26. The lowest BCUT2D eigenvalue weighted by Crippen LogP contribution is -2.48. The molecular formula is C15H26N2O2. The SMILES string of the molecule is CN1CC(C(C)(C)C)C2(CC(C(C)(C)C)=NO2)C1=O. The van der Waals surface area contributed by atoms with Crippen molar-refractivity contribution in [3.8, 4) is 0 Å². The molecule has 2 rings (SSSR count). The van der Waals surface area contributed by atoms with Gasteiger partial charge in [-0.2, -0.15) is 0 Å². The van der Waals surface area contributed by atoms with Crippen molar-refractivity contribution in [3.05, 3.63) is 0 Å². The van der Waals surface area contributed by atoms with Gasteiger partial charge in [-0.05, 0) is 5.41 Å². The van der Waals surface area contributed by atoms with E-state index in [0.29, 0.717) is 6.42 Å². The largest absolute Gasteiger partial charge is 0.378 e. The molecule has 0 aromatic heterocycles. The van der Waals surface area contributed by atoms with E-state index in [-0.39, 0.29) is 22.7 Å². The van der Waals surface area contributed by atoms with Crippen molar-refractivity contribution in [2.75, 3.05) is 13.6 Å². The molecule has 2 unspecified atom stereocenters. The van der Waals surface area contributed by atoms with Crippen LogP contribution < -0.4 is 0 Å². The molecule has 108 valence electrons. The van der Waals surface area contributed by atoms with Gasteiger partial charge in [-0.3, -0.25) is 4.79 Å². The molecule has 0 bridgehead atoms. The summed E-state index contributed by atoms with van der Waals surface area (Å²) in [6.07, 6.45) is 0.627. The first kappa shape index (κ1) is 14.4. The molecule has 2 aliphatic rings. The molecule has 1 spiro atoms. The Bertz CT molecular complexity index is 428. The Kier molecular flexibility index (Phi) is 3.00. The van der Waals surface area contributed by atoms with Gasteiger partial charge in [0, 0.05) is 31.3 Å². The summed E-state index contributed by atoms with van der Waals surface area (Å²) in [7, 11) is 1.86. The summed E-state index contributed by atoms with van der Waals surface area (Å²) in [5.74, 6) is 0.247. The lowest BCUT2D eigenvalue weighted by molar-refractivity contribution is -0.151. The minimum atomic E-state index is -0.768. The minimum Gasteiger partial charge on any atom is -0.378 e. The first-order valence-corrected chi connectivity index (χ1v) is 6.99. The summed E-state index contributed by atoms with van der Waals surface area (Å²) in [6.45, 7) is 13.6. The first-order chi connectivity index (χ1) is 8.48. The summed E-state index contributed by atoms with van der Waals surface area (Å²) in [5.41, 5.74) is 0.192. The van der Waals surface area contributed by atoms with Crippen molar-refractivity contribution < 1.29 is 9.63 Å². The molecule has 0 saturated carbocycles. The third-order valence-electron chi connectivity index (χ3n) is 4.39. The average Bonchev–Trinajstić information content (AvgIpc) is 2.76. The number of likely N-dealkylation sites (tertiary alicyclic amines) is 1. The highest BCUT2D eigenvalue weighted by atomic mass is 16.7. The molecule has 0 N–H and O–H groups in total. The third-order valence-corrected chi connectivity index (χ3v) is 4.39. The zero-order valence-corrected chi connectivity index (χ0v) is 13.2. The molecule has 2 atom stereocenters. The van der Waals surface area contributed by atoms with E-state index in [2.05, 4.69) is 46.7 Å². The molecule has 2 heterocycles. The molecule has 2 aliphatic heterocycles. The molecule has 1 fully saturated rings. The maximum atomic E-state index is 12.6. The number of rotatable bonds is 0. The highest BCUT2D eigenvalue weighted by Crippen LogP contribution is 2.48. The maximum absolute atomic E-state index is 12.6. The van der Waals surface area contributed by atoms with Crippen LogP contribution in [0.3, 0.4) is 0 Å². The van der Waals surface area contributed by atoms with Gasteiger partial charge in [0.2, 0.25) is 5.60 Å². The van der Waals surface area contributed by atoms with E-state index in [4.69, 9.17) is 4.84 Å². The predicted octanol–water partition coefficient (Wildman–Crippen LogP) is 2.68. The lowest BCUT2D eigenvalue weighted by atomic mass is 9.69. The Balaban J connectivity index is 2.35. The van der Waals surface area contributed by atoms with Gasteiger partial charge in [-0.1, -0.05) is 46.7 Å². The van der Waals surface area contributed by atoms with Gasteiger partial charge >= 0.3 is 0 Å². The van der Waals surface area contributed by atoms with E-state index < -0.39 is 5.60 Å². The van der Waals surface area contributed by atoms with Crippen molar-refractivity contribution in [2.45, 2.75) is 53.6 Å². The van der Waals surface area contributed by atoms with Crippen LogP contribution in [0.5, 0.6) is 0 Å². The van der Waals surface area contributed by atoms with E-state index in [1.54, 1.807) is 4.90 Å². The van der Waals surface area contributed by atoms with Crippen LogP contribution in [0.25, 0.3) is 0 Å². The monoisotopic (exact) mass is 266 g/mol. The summed E-state index contributed by atoms with van der Waals surface area (Å²) >= 11 is 0. The second-order valence-corrected chi connectivity index (χ2v) is 8.05. The van der Waals surface area contributed by atoms with Gasteiger partial charge in [0.15, 0.2) is 0 Å². The number of carbonyl (C=O) groups is 1. The molecule has 4 nitrogen and oxygen atoms in total. The molecule has 0 radical (unpaired) electrons. The van der Waals surface area contributed by atoms with E-state index in [0.717, 1.165) is 12.3 Å². The second kappa shape index (κ2) is 3.97. The first-order valence-electron chi connectivity index (χ1n) is 6.99. The summed E-state index contributed by atoms with van der Waals surface area (Å²) in [6, 6.07) is 0. The molecule has 19 heavy (non-hydrogen) atoms. The molecular weight excluding hydrogens is 240 g/mol. The Morgan fingerprint density at radius 3 is 2.26 bits per heavy atom. The predicted molar refractivity (Wildman–Crippen MR) is 75.9 cm³/mol. The van der Waals surface area contributed by atoms with Gasteiger partial charge in [0.25, 0.3) is 5.91 Å². The van der Waals surface area contributed by atoms with Crippen LogP contribution in [-0.2, 0) is 9.63 Å². The fourth-order valence-electron chi connectivity index (χ4n) is 3.10. The molecule has 0 aromatic rings. The minimum absolute atomic E-state index is 0.0171. The Morgan fingerprint density at radius 1 is 1.26 bits per heavy atom. The number of carbonyl (C=O) groups excluding carboxylic acids is 1. The van der Waals surface area contributed by atoms with Gasteiger partial charge in [0.05, 0.1) is 5.71 Å². The standard InChI is InChI=1S/C15H26N2O2/c1-13(2,3)10-9-17(7)12(18)15(10)8-11(16-19-15)14(4,5)6/h10H,8-9H2,1-7H3. The van der Waals surface area contributed by atoms with Crippen LogP contribution in [-0.4, -0.2) is 35.7 Å². The Morgan fingerprint density at radius 2 is 1.84 bits per heavy atom. The van der Waals surface area contributed by atoms with E-state index in [1.807, 2.05) is 7.05 Å². The van der Waals surface area contributed by atoms with Crippen molar-refractivity contribution in [3.63, 3.8) is 0 Å². The second-order valence-electron chi connectivity index (χ2n) is 8.05.